The number of rotatable bonds is 1. The van der Waals surface area contributed by atoms with Crippen molar-refractivity contribution in [3.63, 3.8) is 0 Å². The Balaban J connectivity index is 2.82. The third-order valence-corrected chi connectivity index (χ3v) is 2.05. The third-order valence-electron chi connectivity index (χ3n) is 2.05. The van der Waals surface area contributed by atoms with Gasteiger partial charge in [-0.15, -0.1) is 0 Å². The highest BCUT2D eigenvalue weighted by molar-refractivity contribution is 5.78. The van der Waals surface area contributed by atoms with Crippen molar-refractivity contribution in [2.75, 3.05) is 0 Å². The monoisotopic (exact) mass is 205 g/mol. The molecule has 0 aliphatic heterocycles. The molecule has 2 aromatic rings. The van der Waals surface area contributed by atoms with Gasteiger partial charge in [0.05, 0.1) is 16.4 Å². The molecule has 1 aromatic carbocycles. The van der Waals surface area contributed by atoms with Crippen molar-refractivity contribution in [2.45, 2.75) is 6.92 Å². The van der Waals surface area contributed by atoms with Crippen LogP contribution in [0.1, 0.15) is 5.76 Å². The summed E-state index contributed by atoms with van der Waals surface area (Å²) in [6, 6.07) is 5.30. The second-order valence-corrected chi connectivity index (χ2v) is 3.16. The number of nitro groups is 1. The van der Waals surface area contributed by atoms with E-state index in [1.165, 1.54) is 24.3 Å². The van der Waals surface area contributed by atoms with Crippen molar-refractivity contribution < 1.29 is 9.34 Å². The van der Waals surface area contributed by atoms with E-state index in [4.69, 9.17) is 4.42 Å². The van der Waals surface area contributed by atoms with Crippen LogP contribution in [0.3, 0.4) is 0 Å². The van der Waals surface area contributed by atoms with Crippen molar-refractivity contribution in [3.05, 3.63) is 50.4 Å². The van der Waals surface area contributed by atoms with Crippen LogP contribution in [0.25, 0.3) is 11.0 Å². The highest BCUT2D eigenvalue weighted by Crippen LogP contribution is 2.18. The zero-order valence-corrected chi connectivity index (χ0v) is 7.89. The molecule has 5 heteroatoms. The highest BCUT2D eigenvalue weighted by atomic mass is 16.6. The van der Waals surface area contributed by atoms with E-state index in [0.717, 1.165) is 0 Å². The van der Waals surface area contributed by atoms with Gasteiger partial charge in [0.25, 0.3) is 5.69 Å². The summed E-state index contributed by atoms with van der Waals surface area (Å²) in [6.45, 7) is 1.62. The maximum absolute atomic E-state index is 11.5. The Labute approximate surface area is 84.1 Å². The minimum absolute atomic E-state index is 0.0868. The smallest absolute Gasteiger partial charge is 0.273 e. The van der Waals surface area contributed by atoms with Crippen LogP contribution in [0.15, 0.2) is 33.5 Å². The number of hydrogen-bond acceptors (Lipinski definition) is 4. The van der Waals surface area contributed by atoms with Gasteiger partial charge in [-0.05, 0) is 13.0 Å². The fourth-order valence-corrected chi connectivity index (χ4v) is 1.38. The van der Waals surface area contributed by atoms with Crippen LogP contribution >= 0.6 is 0 Å². The van der Waals surface area contributed by atoms with Gasteiger partial charge in [0.2, 0.25) is 0 Å². The lowest BCUT2D eigenvalue weighted by Crippen LogP contribution is -2.00. The third kappa shape index (κ3) is 1.59. The molecule has 0 saturated heterocycles. The number of fused-ring (bicyclic) bond motifs is 1. The van der Waals surface area contributed by atoms with Gasteiger partial charge in [-0.2, -0.15) is 0 Å². The molecule has 0 radical (unpaired) electrons. The SMILES string of the molecule is Cc1cc(=O)c2ccc([N+](=O)[O-])cc2o1. The lowest BCUT2D eigenvalue weighted by atomic mass is 10.2. The first kappa shape index (κ1) is 9.39. The van der Waals surface area contributed by atoms with Crippen molar-refractivity contribution in [1.82, 2.24) is 0 Å². The average Bonchev–Trinajstić information content (AvgIpc) is 2.16. The first-order valence-electron chi connectivity index (χ1n) is 4.27. The molecule has 0 aliphatic carbocycles. The summed E-state index contributed by atoms with van der Waals surface area (Å²) in [7, 11) is 0. The molecule has 0 amide bonds. The molecule has 76 valence electrons. The van der Waals surface area contributed by atoms with Crippen molar-refractivity contribution >= 4 is 16.7 Å². The van der Waals surface area contributed by atoms with Gasteiger partial charge in [-0.25, -0.2) is 0 Å². The molecule has 1 aromatic heterocycles. The van der Waals surface area contributed by atoms with Crippen LogP contribution in [0, 0.1) is 17.0 Å². The van der Waals surface area contributed by atoms with Crippen LogP contribution in [0.5, 0.6) is 0 Å². The maximum atomic E-state index is 11.5. The Morgan fingerprint density at radius 2 is 2.07 bits per heavy atom. The molecule has 15 heavy (non-hydrogen) atoms. The second-order valence-electron chi connectivity index (χ2n) is 3.16. The molecule has 2 rings (SSSR count). The van der Waals surface area contributed by atoms with Gasteiger partial charge in [0.15, 0.2) is 5.43 Å². The van der Waals surface area contributed by atoms with E-state index in [-0.39, 0.29) is 16.7 Å². The molecule has 0 fully saturated rings. The fraction of sp³-hybridized carbons (Fsp3) is 0.100. The van der Waals surface area contributed by atoms with E-state index in [1.807, 2.05) is 0 Å². The molecule has 0 spiro atoms. The Morgan fingerprint density at radius 1 is 1.33 bits per heavy atom. The average molecular weight is 205 g/mol. The first-order valence-corrected chi connectivity index (χ1v) is 4.27. The topological polar surface area (TPSA) is 73.3 Å². The van der Waals surface area contributed by atoms with E-state index in [9.17, 15) is 14.9 Å². The van der Waals surface area contributed by atoms with Crippen LogP contribution in [0.2, 0.25) is 0 Å². The molecule has 0 bridgehead atoms. The molecule has 1 heterocycles. The van der Waals surface area contributed by atoms with E-state index in [0.29, 0.717) is 11.1 Å². The van der Waals surface area contributed by atoms with Crippen LogP contribution in [-0.4, -0.2) is 4.92 Å². The Hall–Kier alpha value is -2.17. The number of aryl methyl sites for hydroxylation is 1. The minimum atomic E-state index is -0.526. The Bertz CT molecular complexity index is 600. The predicted molar refractivity (Wildman–Crippen MR) is 53.9 cm³/mol. The largest absolute Gasteiger partial charge is 0.461 e. The molecule has 0 aliphatic rings. The van der Waals surface area contributed by atoms with Gasteiger partial charge in [0.1, 0.15) is 11.3 Å². The summed E-state index contributed by atoms with van der Waals surface area (Å²) in [5.41, 5.74) is -0.0332. The summed E-state index contributed by atoms with van der Waals surface area (Å²) in [5.74, 6) is 0.438. The summed E-state index contributed by atoms with van der Waals surface area (Å²) in [4.78, 5) is 21.4. The predicted octanol–water partition coefficient (Wildman–Crippen LogP) is 2.01. The Kier molecular flexibility index (Phi) is 2.00. The quantitative estimate of drug-likeness (QED) is 0.527. The summed E-state index contributed by atoms with van der Waals surface area (Å²) < 4.78 is 5.23. The molecule has 0 unspecified atom stereocenters. The zero-order valence-electron chi connectivity index (χ0n) is 7.89. The summed E-state index contributed by atoms with van der Waals surface area (Å²) in [6.07, 6.45) is 0. The standard InChI is InChI=1S/C10H7NO4/c1-6-4-9(12)8-3-2-7(11(13)14)5-10(8)15-6/h2-5H,1H3. The van der Waals surface area contributed by atoms with Gasteiger partial charge in [0, 0.05) is 12.1 Å². The number of nitrogens with zero attached hydrogens (tertiary/aromatic N) is 1. The van der Waals surface area contributed by atoms with Gasteiger partial charge in [-0.1, -0.05) is 0 Å². The molecule has 0 saturated carbocycles. The van der Waals surface area contributed by atoms with Crippen molar-refractivity contribution in [2.24, 2.45) is 0 Å². The van der Waals surface area contributed by atoms with Crippen LogP contribution in [0.4, 0.5) is 5.69 Å². The molecule has 0 N–H and O–H groups in total. The lowest BCUT2D eigenvalue weighted by Gasteiger charge is -1.97. The van der Waals surface area contributed by atoms with Crippen LogP contribution in [-0.2, 0) is 0 Å². The molecular weight excluding hydrogens is 198 g/mol. The van der Waals surface area contributed by atoms with Crippen molar-refractivity contribution in [1.29, 1.82) is 0 Å². The van der Waals surface area contributed by atoms with E-state index < -0.39 is 4.92 Å². The van der Waals surface area contributed by atoms with Crippen molar-refractivity contribution in [3.8, 4) is 0 Å². The normalized spacial score (nSPS) is 10.5. The summed E-state index contributed by atoms with van der Waals surface area (Å²) >= 11 is 0. The molecule has 5 nitrogen and oxygen atoms in total. The number of hydrogen-bond donors (Lipinski definition) is 0. The first-order chi connectivity index (χ1) is 7.08. The summed E-state index contributed by atoms with van der Waals surface area (Å²) in [5, 5.41) is 10.9. The van der Waals surface area contributed by atoms with E-state index in [2.05, 4.69) is 0 Å². The lowest BCUT2D eigenvalue weighted by molar-refractivity contribution is -0.384. The number of nitro benzene ring substituents is 1. The van der Waals surface area contributed by atoms with Gasteiger partial charge < -0.3 is 4.42 Å². The highest BCUT2D eigenvalue weighted by Gasteiger charge is 2.09. The molecule has 0 atom stereocenters. The van der Waals surface area contributed by atoms with Gasteiger partial charge >= 0.3 is 0 Å². The van der Waals surface area contributed by atoms with E-state index >= 15 is 0 Å². The zero-order chi connectivity index (χ0) is 11.0. The van der Waals surface area contributed by atoms with E-state index in [1.54, 1.807) is 6.92 Å². The Morgan fingerprint density at radius 3 is 2.73 bits per heavy atom. The van der Waals surface area contributed by atoms with Crippen LogP contribution < -0.4 is 5.43 Å². The maximum Gasteiger partial charge on any atom is 0.273 e. The number of non-ortho nitro benzene ring substituents is 1. The number of benzene rings is 1. The van der Waals surface area contributed by atoms with Gasteiger partial charge in [-0.3, -0.25) is 14.9 Å². The minimum Gasteiger partial charge on any atom is -0.461 e. The second kappa shape index (κ2) is 3.20. The molecular formula is C10H7NO4. The fourth-order valence-electron chi connectivity index (χ4n) is 1.38.